The Kier molecular flexibility index (Phi) is 4.39. The normalized spacial score (nSPS) is 21.4. The maximum Gasteiger partial charge on any atom is 0.161 e. The number of ether oxygens (including phenoxy) is 2. The first kappa shape index (κ1) is 10.7. The van der Waals surface area contributed by atoms with Crippen molar-refractivity contribution in [1.29, 1.82) is 0 Å². The van der Waals surface area contributed by atoms with E-state index >= 15 is 0 Å². The first-order chi connectivity index (χ1) is 6.24. The highest BCUT2D eigenvalue weighted by atomic mass is 16.5. The SMILES string of the molecule is CCC(=O)C(C)OC1CCOCC1. The van der Waals surface area contributed by atoms with E-state index in [-0.39, 0.29) is 18.0 Å². The van der Waals surface area contributed by atoms with Gasteiger partial charge in [-0.25, -0.2) is 0 Å². The number of carbonyl (C=O) groups is 1. The maximum atomic E-state index is 11.2. The van der Waals surface area contributed by atoms with E-state index in [9.17, 15) is 4.79 Å². The number of hydrogen-bond acceptors (Lipinski definition) is 3. The highest BCUT2D eigenvalue weighted by Crippen LogP contribution is 2.13. The van der Waals surface area contributed by atoms with E-state index in [1.165, 1.54) is 0 Å². The molecule has 0 saturated carbocycles. The van der Waals surface area contributed by atoms with E-state index in [0.29, 0.717) is 6.42 Å². The molecule has 0 aliphatic carbocycles. The molecule has 76 valence electrons. The molecule has 1 aliphatic heterocycles. The molecule has 1 aliphatic rings. The lowest BCUT2D eigenvalue weighted by Crippen LogP contribution is -2.30. The van der Waals surface area contributed by atoms with Crippen LogP contribution < -0.4 is 0 Å². The minimum absolute atomic E-state index is 0.187. The van der Waals surface area contributed by atoms with Crippen molar-refractivity contribution in [2.24, 2.45) is 0 Å². The summed E-state index contributed by atoms with van der Waals surface area (Å²) in [6, 6.07) is 0. The molecular weight excluding hydrogens is 168 g/mol. The van der Waals surface area contributed by atoms with Gasteiger partial charge < -0.3 is 9.47 Å². The fraction of sp³-hybridized carbons (Fsp3) is 0.900. The molecule has 0 bridgehead atoms. The molecule has 1 unspecified atom stereocenters. The van der Waals surface area contributed by atoms with Crippen LogP contribution >= 0.6 is 0 Å². The van der Waals surface area contributed by atoms with Gasteiger partial charge in [-0.1, -0.05) is 6.92 Å². The van der Waals surface area contributed by atoms with Crippen molar-refractivity contribution in [3.05, 3.63) is 0 Å². The minimum Gasteiger partial charge on any atom is -0.381 e. The van der Waals surface area contributed by atoms with Gasteiger partial charge in [0.2, 0.25) is 0 Å². The van der Waals surface area contributed by atoms with Crippen LogP contribution in [0.2, 0.25) is 0 Å². The Bertz CT molecular complexity index is 162. The molecule has 0 aromatic heterocycles. The van der Waals surface area contributed by atoms with Crippen molar-refractivity contribution in [3.63, 3.8) is 0 Å². The monoisotopic (exact) mass is 186 g/mol. The fourth-order valence-electron chi connectivity index (χ4n) is 1.46. The number of rotatable bonds is 4. The van der Waals surface area contributed by atoms with E-state index in [1.807, 2.05) is 13.8 Å². The van der Waals surface area contributed by atoms with Crippen molar-refractivity contribution in [2.45, 2.75) is 45.3 Å². The minimum atomic E-state index is -0.243. The molecule has 0 N–H and O–H groups in total. The van der Waals surface area contributed by atoms with Gasteiger partial charge in [-0.3, -0.25) is 4.79 Å². The maximum absolute atomic E-state index is 11.2. The zero-order valence-electron chi connectivity index (χ0n) is 8.41. The van der Waals surface area contributed by atoms with Crippen molar-refractivity contribution in [3.8, 4) is 0 Å². The van der Waals surface area contributed by atoms with Crippen LogP contribution in [0, 0.1) is 0 Å². The van der Waals surface area contributed by atoms with E-state index in [0.717, 1.165) is 26.1 Å². The predicted octanol–water partition coefficient (Wildman–Crippen LogP) is 1.55. The Hall–Kier alpha value is -0.410. The van der Waals surface area contributed by atoms with Crippen LogP contribution in [0.1, 0.15) is 33.1 Å². The Morgan fingerprint density at radius 3 is 2.69 bits per heavy atom. The van der Waals surface area contributed by atoms with Crippen molar-refractivity contribution in [2.75, 3.05) is 13.2 Å². The van der Waals surface area contributed by atoms with Crippen LogP contribution in [0.4, 0.5) is 0 Å². The van der Waals surface area contributed by atoms with Crippen LogP contribution in [-0.4, -0.2) is 31.2 Å². The Balaban J connectivity index is 2.25. The third kappa shape index (κ3) is 3.44. The summed E-state index contributed by atoms with van der Waals surface area (Å²) in [5.74, 6) is 0.187. The van der Waals surface area contributed by atoms with Gasteiger partial charge in [-0.2, -0.15) is 0 Å². The lowest BCUT2D eigenvalue weighted by atomic mass is 10.1. The lowest BCUT2D eigenvalue weighted by Gasteiger charge is -2.25. The average molecular weight is 186 g/mol. The molecule has 1 atom stereocenters. The van der Waals surface area contributed by atoms with Crippen LogP contribution in [0.15, 0.2) is 0 Å². The third-order valence-electron chi connectivity index (χ3n) is 2.37. The topological polar surface area (TPSA) is 35.5 Å². The molecular formula is C10H18O3. The van der Waals surface area contributed by atoms with Crippen LogP contribution in [0.3, 0.4) is 0 Å². The molecule has 13 heavy (non-hydrogen) atoms. The van der Waals surface area contributed by atoms with E-state index < -0.39 is 0 Å². The van der Waals surface area contributed by atoms with Crippen molar-refractivity contribution < 1.29 is 14.3 Å². The molecule has 0 aromatic rings. The van der Waals surface area contributed by atoms with E-state index in [1.54, 1.807) is 0 Å². The molecule has 0 aromatic carbocycles. The van der Waals surface area contributed by atoms with Gasteiger partial charge in [0.1, 0.15) is 6.10 Å². The molecule has 3 nitrogen and oxygen atoms in total. The standard InChI is InChI=1S/C10H18O3/c1-3-10(11)8(2)13-9-4-6-12-7-5-9/h8-9H,3-7H2,1-2H3. The molecule has 1 heterocycles. The molecule has 0 amide bonds. The van der Waals surface area contributed by atoms with Crippen LogP contribution in [-0.2, 0) is 14.3 Å². The Labute approximate surface area is 79.4 Å². The van der Waals surface area contributed by atoms with Crippen LogP contribution in [0.25, 0.3) is 0 Å². The third-order valence-corrected chi connectivity index (χ3v) is 2.37. The molecule has 0 radical (unpaired) electrons. The van der Waals surface area contributed by atoms with Gasteiger partial charge in [-0.05, 0) is 19.8 Å². The second kappa shape index (κ2) is 5.35. The Morgan fingerprint density at radius 2 is 2.15 bits per heavy atom. The largest absolute Gasteiger partial charge is 0.381 e. The number of Topliss-reactive ketones (excluding diaryl/α,β-unsaturated/α-hetero) is 1. The Morgan fingerprint density at radius 1 is 1.54 bits per heavy atom. The highest BCUT2D eigenvalue weighted by molar-refractivity contribution is 5.82. The number of hydrogen-bond donors (Lipinski definition) is 0. The quantitative estimate of drug-likeness (QED) is 0.668. The predicted molar refractivity (Wildman–Crippen MR) is 49.7 cm³/mol. The lowest BCUT2D eigenvalue weighted by molar-refractivity contribution is -0.136. The summed E-state index contributed by atoms with van der Waals surface area (Å²) in [6.07, 6.45) is 2.37. The van der Waals surface area contributed by atoms with Gasteiger partial charge in [0.05, 0.1) is 6.10 Å². The average Bonchev–Trinajstić information content (AvgIpc) is 2.18. The summed E-state index contributed by atoms with van der Waals surface area (Å²) in [5.41, 5.74) is 0. The summed E-state index contributed by atoms with van der Waals surface area (Å²) in [6.45, 7) is 5.23. The summed E-state index contributed by atoms with van der Waals surface area (Å²) in [5, 5.41) is 0. The number of ketones is 1. The van der Waals surface area contributed by atoms with Gasteiger partial charge in [-0.15, -0.1) is 0 Å². The van der Waals surface area contributed by atoms with Crippen LogP contribution in [0.5, 0.6) is 0 Å². The highest BCUT2D eigenvalue weighted by Gasteiger charge is 2.19. The summed E-state index contributed by atoms with van der Waals surface area (Å²) in [4.78, 5) is 11.2. The van der Waals surface area contributed by atoms with Gasteiger partial charge in [0, 0.05) is 19.6 Å². The summed E-state index contributed by atoms with van der Waals surface area (Å²) in [7, 11) is 0. The molecule has 3 heteroatoms. The second-order valence-electron chi connectivity index (χ2n) is 3.41. The molecule has 1 saturated heterocycles. The van der Waals surface area contributed by atoms with Gasteiger partial charge in [0.25, 0.3) is 0 Å². The number of carbonyl (C=O) groups excluding carboxylic acids is 1. The van der Waals surface area contributed by atoms with Crippen molar-refractivity contribution >= 4 is 5.78 Å². The molecule has 1 rings (SSSR count). The first-order valence-electron chi connectivity index (χ1n) is 5.00. The first-order valence-corrected chi connectivity index (χ1v) is 5.00. The second-order valence-corrected chi connectivity index (χ2v) is 3.41. The fourth-order valence-corrected chi connectivity index (χ4v) is 1.46. The molecule has 0 spiro atoms. The zero-order valence-corrected chi connectivity index (χ0v) is 8.41. The van der Waals surface area contributed by atoms with E-state index in [4.69, 9.17) is 9.47 Å². The van der Waals surface area contributed by atoms with Gasteiger partial charge >= 0.3 is 0 Å². The van der Waals surface area contributed by atoms with E-state index in [2.05, 4.69) is 0 Å². The van der Waals surface area contributed by atoms with Crippen molar-refractivity contribution in [1.82, 2.24) is 0 Å². The summed E-state index contributed by atoms with van der Waals surface area (Å²) >= 11 is 0. The molecule has 1 fully saturated rings. The summed E-state index contributed by atoms with van der Waals surface area (Å²) < 4.78 is 10.8. The zero-order chi connectivity index (χ0) is 9.68. The smallest absolute Gasteiger partial charge is 0.161 e. The van der Waals surface area contributed by atoms with Gasteiger partial charge in [0.15, 0.2) is 5.78 Å².